The molecule has 1 amide bonds. The summed E-state index contributed by atoms with van der Waals surface area (Å²) in [4.78, 5) is 12.3. The summed E-state index contributed by atoms with van der Waals surface area (Å²) < 4.78 is 27.6. The third-order valence-electron chi connectivity index (χ3n) is 1.68. The molecule has 0 aliphatic carbocycles. The molecule has 0 unspecified atom stereocenters. The van der Waals surface area contributed by atoms with E-state index in [9.17, 15) is 13.2 Å². The largest absolute Gasteiger partial charge is 0.452 e. The molecule has 0 atom stereocenters. The number of methoxy groups -OCH3 is 1. The molecule has 94 valence electrons. The highest BCUT2D eigenvalue weighted by Gasteiger charge is 2.20. The van der Waals surface area contributed by atoms with Crippen molar-refractivity contribution in [1.29, 1.82) is 0 Å². The Hall–Kier alpha value is -1.02. The van der Waals surface area contributed by atoms with Crippen molar-refractivity contribution in [1.82, 2.24) is 10.3 Å². The van der Waals surface area contributed by atoms with Gasteiger partial charge in [-0.15, -0.1) is 4.83 Å². The zero-order valence-corrected chi connectivity index (χ0v) is 10.9. The van der Waals surface area contributed by atoms with Crippen molar-refractivity contribution in [3.63, 3.8) is 0 Å². The standard InChI is InChI=1S/C8H8Cl2N2O4S/c1-16-8(13)11-12-17(14,15)6-4-2-3-5(9)7(6)10/h2-4,12H,1H3,(H,11,13). The summed E-state index contributed by atoms with van der Waals surface area (Å²) in [5, 5.41) is -0.0408. The van der Waals surface area contributed by atoms with Gasteiger partial charge in [-0.25, -0.2) is 18.6 Å². The van der Waals surface area contributed by atoms with Crippen LogP contribution in [0, 0.1) is 0 Å². The Balaban J connectivity index is 2.98. The van der Waals surface area contributed by atoms with E-state index in [0.717, 1.165) is 7.11 Å². The molecule has 0 radical (unpaired) electrons. The van der Waals surface area contributed by atoms with Crippen LogP contribution in [-0.2, 0) is 14.8 Å². The monoisotopic (exact) mass is 298 g/mol. The van der Waals surface area contributed by atoms with Crippen molar-refractivity contribution in [2.45, 2.75) is 4.90 Å². The first-order chi connectivity index (χ1) is 7.88. The van der Waals surface area contributed by atoms with Gasteiger partial charge in [-0.2, -0.15) is 0 Å². The van der Waals surface area contributed by atoms with Crippen molar-refractivity contribution in [2.75, 3.05) is 7.11 Å². The van der Waals surface area contributed by atoms with E-state index in [2.05, 4.69) is 4.74 Å². The molecule has 0 spiro atoms. The van der Waals surface area contributed by atoms with Gasteiger partial charge < -0.3 is 4.74 Å². The van der Waals surface area contributed by atoms with Crippen molar-refractivity contribution >= 4 is 39.3 Å². The summed E-state index contributed by atoms with van der Waals surface area (Å²) in [6, 6.07) is 4.10. The average molecular weight is 299 g/mol. The van der Waals surface area contributed by atoms with Crippen LogP contribution in [0.5, 0.6) is 0 Å². The molecule has 1 rings (SSSR count). The summed E-state index contributed by atoms with van der Waals surface area (Å²) in [5.74, 6) is 0. The summed E-state index contributed by atoms with van der Waals surface area (Å²) in [6.07, 6.45) is -0.952. The number of benzene rings is 1. The molecular weight excluding hydrogens is 291 g/mol. The minimum atomic E-state index is -4.00. The topological polar surface area (TPSA) is 84.5 Å². The van der Waals surface area contributed by atoms with Crippen molar-refractivity contribution in [3.8, 4) is 0 Å². The van der Waals surface area contributed by atoms with Crippen LogP contribution in [-0.4, -0.2) is 21.6 Å². The number of sulfonamides is 1. The SMILES string of the molecule is COC(=O)NNS(=O)(=O)c1cccc(Cl)c1Cl. The van der Waals surface area contributed by atoms with Crippen LogP contribution in [0.3, 0.4) is 0 Å². The fraction of sp³-hybridized carbons (Fsp3) is 0.125. The van der Waals surface area contributed by atoms with E-state index in [1.807, 2.05) is 5.43 Å². The molecule has 2 N–H and O–H groups in total. The highest BCUT2D eigenvalue weighted by Crippen LogP contribution is 2.28. The van der Waals surface area contributed by atoms with Gasteiger partial charge in [0.05, 0.1) is 17.2 Å². The quantitative estimate of drug-likeness (QED) is 0.829. The lowest BCUT2D eigenvalue weighted by atomic mass is 10.4. The van der Waals surface area contributed by atoms with E-state index in [1.54, 1.807) is 4.83 Å². The first kappa shape index (κ1) is 14.0. The number of halogens is 2. The van der Waals surface area contributed by atoms with E-state index < -0.39 is 16.1 Å². The molecule has 0 aliphatic heterocycles. The summed E-state index contributed by atoms with van der Waals surface area (Å²) in [5.41, 5.74) is 1.82. The molecule has 0 fully saturated rings. The lowest BCUT2D eigenvalue weighted by Crippen LogP contribution is -2.41. The van der Waals surface area contributed by atoms with Gasteiger partial charge in [-0.1, -0.05) is 29.3 Å². The second-order valence-corrected chi connectivity index (χ2v) is 5.21. The lowest BCUT2D eigenvalue weighted by molar-refractivity contribution is 0.169. The lowest BCUT2D eigenvalue weighted by Gasteiger charge is -2.09. The van der Waals surface area contributed by atoms with Gasteiger partial charge in [0.15, 0.2) is 0 Å². The molecule has 0 heterocycles. The average Bonchev–Trinajstić information content (AvgIpc) is 2.29. The van der Waals surface area contributed by atoms with Crippen LogP contribution in [0.2, 0.25) is 10.0 Å². The Morgan fingerprint density at radius 3 is 2.59 bits per heavy atom. The van der Waals surface area contributed by atoms with Gasteiger partial charge in [0.2, 0.25) is 0 Å². The van der Waals surface area contributed by atoms with Gasteiger partial charge in [-0.3, -0.25) is 0 Å². The highest BCUT2D eigenvalue weighted by molar-refractivity contribution is 7.89. The van der Waals surface area contributed by atoms with Gasteiger partial charge in [-0.05, 0) is 12.1 Å². The maximum Gasteiger partial charge on any atom is 0.422 e. The van der Waals surface area contributed by atoms with Crippen LogP contribution in [0.25, 0.3) is 0 Å². The number of hydrogen-bond donors (Lipinski definition) is 2. The summed E-state index contributed by atoms with van der Waals surface area (Å²) in [7, 11) is -2.90. The predicted octanol–water partition coefficient (Wildman–Crippen LogP) is 1.54. The molecule has 1 aromatic carbocycles. The van der Waals surface area contributed by atoms with Crippen molar-refractivity contribution in [3.05, 3.63) is 28.2 Å². The number of nitrogens with one attached hydrogen (secondary N) is 2. The van der Waals surface area contributed by atoms with Crippen molar-refractivity contribution in [2.24, 2.45) is 0 Å². The Morgan fingerprint density at radius 1 is 1.35 bits per heavy atom. The smallest absolute Gasteiger partial charge is 0.422 e. The molecule has 17 heavy (non-hydrogen) atoms. The van der Waals surface area contributed by atoms with Gasteiger partial charge >= 0.3 is 6.09 Å². The fourth-order valence-corrected chi connectivity index (χ4v) is 2.50. The predicted molar refractivity (Wildman–Crippen MR) is 62.3 cm³/mol. The van der Waals surface area contributed by atoms with Gasteiger partial charge in [0.25, 0.3) is 10.0 Å². The molecule has 0 saturated heterocycles. The normalized spacial score (nSPS) is 11.0. The first-order valence-electron chi connectivity index (χ1n) is 4.18. The zero-order chi connectivity index (χ0) is 13.1. The van der Waals surface area contributed by atoms with Gasteiger partial charge in [0.1, 0.15) is 4.90 Å². The minimum absolute atomic E-state index is 0.0904. The molecule has 1 aromatic rings. The van der Waals surface area contributed by atoms with Crippen LogP contribution in [0.1, 0.15) is 0 Å². The maximum atomic E-state index is 11.7. The Bertz CT molecular complexity index is 532. The second-order valence-electron chi connectivity index (χ2n) is 2.77. The van der Waals surface area contributed by atoms with E-state index in [4.69, 9.17) is 23.2 Å². The zero-order valence-electron chi connectivity index (χ0n) is 8.53. The molecule has 0 bridgehead atoms. The Morgan fingerprint density at radius 2 is 2.00 bits per heavy atom. The Kier molecular flexibility index (Phi) is 4.58. The number of carbonyl (C=O) groups excluding carboxylic acids is 1. The minimum Gasteiger partial charge on any atom is -0.452 e. The van der Waals surface area contributed by atoms with E-state index in [1.165, 1.54) is 18.2 Å². The number of rotatable bonds is 3. The Labute approximate surface area is 108 Å². The fourth-order valence-electron chi connectivity index (χ4n) is 0.906. The van der Waals surface area contributed by atoms with Gasteiger partial charge in [0, 0.05) is 0 Å². The summed E-state index contributed by atoms with van der Waals surface area (Å²) in [6.45, 7) is 0. The molecular formula is C8H8Cl2N2O4S. The number of hydrogen-bond acceptors (Lipinski definition) is 4. The second kappa shape index (κ2) is 5.54. The van der Waals surface area contributed by atoms with Crippen LogP contribution in [0.4, 0.5) is 4.79 Å². The van der Waals surface area contributed by atoms with E-state index in [0.29, 0.717) is 0 Å². The number of ether oxygens (including phenoxy) is 1. The third-order valence-corrected chi connectivity index (χ3v) is 3.90. The van der Waals surface area contributed by atoms with Crippen LogP contribution >= 0.6 is 23.2 Å². The molecule has 6 nitrogen and oxygen atoms in total. The van der Waals surface area contributed by atoms with Crippen LogP contribution in [0.15, 0.2) is 23.1 Å². The van der Waals surface area contributed by atoms with Crippen molar-refractivity contribution < 1.29 is 17.9 Å². The maximum absolute atomic E-state index is 11.7. The molecule has 0 aliphatic rings. The van der Waals surface area contributed by atoms with Crippen LogP contribution < -0.4 is 10.3 Å². The molecule has 0 aromatic heterocycles. The first-order valence-corrected chi connectivity index (χ1v) is 6.42. The van der Waals surface area contributed by atoms with E-state index >= 15 is 0 Å². The molecule has 0 saturated carbocycles. The number of amides is 1. The molecule has 9 heteroatoms. The third kappa shape index (κ3) is 3.47. The number of carbonyl (C=O) groups is 1. The highest BCUT2D eigenvalue weighted by atomic mass is 35.5. The van der Waals surface area contributed by atoms with E-state index in [-0.39, 0.29) is 14.9 Å². The number of hydrazine groups is 1. The summed E-state index contributed by atoms with van der Waals surface area (Å²) >= 11 is 11.4.